The summed E-state index contributed by atoms with van der Waals surface area (Å²) in [5, 5.41) is 4.10. The number of nitrogens with zero attached hydrogens (tertiary/aromatic N) is 3. The van der Waals surface area contributed by atoms with Crippen molar-refractivity contribution in [3.05, 3.63) is 26.5 Å². The normalized spacial score (nSPS) is 11.1. The maximum Gasteiger partial charge on any atom is 0.328 e. The first-order valence-corrected chi connectivity index (χ1v) is 4.72. The van der Waals surface area contributed by atoms with Gasteiger partial charge in [-0.25, -0.2) is 4.79 Å². The van der Waals surface area contributed by atoms with Gasteiger partial charge in [0.15, 0.2) is 5.52 Å². The van der Waals surface area contributed by atoms with Crippen molar-refractivity contribution in [1.29, 1.82) is 0 Å². The Labute approximate surface area is 85.2 Å². The number of nitrogens with one attached hydrogen (secondary N) is 1. The Kier molecular flexibility index (Phi) is 1.99. The molecule has 0 aliphatic carbocycles. The standard InChI is InChI=1S/C9H12N4O2/c1-4-13-8(14)7-6(10-9(13)15)5(2)11-12(7)3/h4H2,1-3H3,(H,10,15). The second-order valence-corrected chi connectivity index (χ2v) is 3.41. The summed E-state index contributed by atoms with van der Waals surface area (Å²) in [6.45, 7) is 3.87. The highest BCUT2D eigenvalue weighted by atomic mass is 16.2. The first-order chi connectivity index (χ1) is 7.06. The van der Waals surface area contributed by atoms with Crippen LogP contribution in [-0.2, 0) is 13.6 Å². The molecule has 1 N–H and O–H groups in total. The van der Waals surface area contributed by atoms with Gasteiger partial charge in [-0.15, -0.1) is 0 Å². The van der Waals surface area contributed by atoms with E-state index in [0.717, 1.165) is 4.57 Å². The van der Waals surface area contributed by atoms with Crippen molar-refractivity contribution in [3.8, 4) is 0 Å². The molecule has 0 atom stereocenters. The topological polar surface area (TPSA) is 72.7 Å². The van der Waals surface area contributed by atoms with Gasteiger partial charge in [-0.1, -0.05) is 0 Å². The van der Waals surface area contributed by atoms with Gasteiger partial charge < -0.3 is 4.98 Å². The van der Waals surface area contributed by atoms with Gasteiger partial charge in [0.25, 0.3) is 5.56 Å². The van der Waals surface area contributed by atoms with Crippen LogP contribution in [0.1, 0.15) is 12.6 Å². The lowest BCUT2D eigenvalue weighted by molar-refractivity contribution is 0.675. The Morgan fingerprint density at radius 1 is 1.40 bits per heavy atom. The van der Waals surface area contributed by atoms with E-state index in [1.807, 2.05) is 0 Å². The summed E-state index contributed by atoms with van der Waals surface area (Å²) in [6, 6.07) is 0. The summed E-state index contributed by atoms with van der Waals surface area (Å²) in [6.07, 6.45) is 0. The highest BCUT2D eigenvalue weighted by Crippen LogP contribution is 2.07. The van der Waals surface area contributed by atoms with Crippen LogP contribution >= 0.6 is 0 Å². The van der Waals surface area contributed by atoms with Crippen LogP contribution in [0.15, 0.2) is 9.59 Å². The zero-order valence-electron chi connectivity index (χ0n) is 8.87. The van der Waals surface area contributed by atoms with Crippen molar-refractivity contribution >= 4 is 11.0 Å². The third-order valence-corrected chi connectivity index (χ3v) is 2.46. The second kappa shape index (κ2) is 3.08. The largest absolute Gasteiger partial charge is 0.328 e. The Balaban J connectivity index is 3.08. The zero-order valence-corrected chi connectivity index (χ0v) is 8.87. The molecule has 2 aromatic heterocycles. The lowest BCUT2D eigenvalue weighted by atomic mass is 10.3. The molecule has 0 saturated carbocycles. The van der Waals surface area contributed by atoms with E-state index < -0.39 is 0 Å². The number of rotatable bonds is 1. The number of fused-ring (bicyclic) bond motifs is 1. The first kappa shape index (κ1) is 9.70. The van der Waals surface area contributed by atoms with Crippen molar-refractivity contribution in [2.45, 2.75) is 20.4 Å². The third kappa shape index (κ3) is 1.21. The molecule has 0 bridgehead atoms. The molecule has 80 valence electrons. The van der Waals surface area contributed by atoms with Gasteiger partial charge in [-0.05, 0) is 13.8 Å². The molecular weight excluding hydrogens is 196 g/mol. The third-order valence-electron chi connectivity index (χ3n) is 2.46. The van der Waals surface area contributed by atoms with E-state index >= 15 is 0 Å². The van der Waals surface area contributed by atoms with Gasteiger partial charge in [0, 0.05) is 13.6 Å². The van der Waals surface area contributed by atoms with E-state index in [4.69, 9.17) is 0 Å². The summed E-state index contributed by atoms with van der Waals surface area (Å²) in [5.41, 5.74) is 0.946. The molecular formula is C9H12N4O2. The van der Waals surface area contributed by atoms with Gasteiger partial charge in [0.2, 0.25) is 0 Å². The molecule has 0 aliphatic rings. The lowest BCUT2D eigenvalue weighted by Gasteiger charge is -2.00. The summed E-state index contributed by atoms with van der Waals surface area (Å²) >= 11 is 0. The maximum absolute atomic E-state index is 11.9. The first-order valence-electron chi connectivity index (χ1n) is 4.72. The molecule has 2 heterocycles. The van der Waals surface area contributed by atoms with E-state index in [1.165, 1.54) is 4.68 Å². The van der Waals surface area contributed by atoms with Crippen LogP contribution in [0, 0.1) is 6.92 Å². The molecule has 0 aliphatic heterocycles. The summed E-state index contributed by atoms with van der Waals surface area (Å²) in [7, 11) is 1.69. The second-order valence-electron chi connectivity index (χ2n) is 3.41. The van der Waals surface area contributed by atoms with Crippen molar-refractivity contribution < 1.29 is 0 Å². The van der Waals surface area contributed by atoms with Crippen LogP contribution in [0.25, 0.3) is 11.0 Å². The zero-order chi connectivity index (χ0) is 11.2. The Bertz CT molecular complexity index is 632. The van der Waals surface area contributed by atoms with E-state index in [0.29, 0.717) is 23.3 Å². The van der Waals surface area contributed by atoms with Gasteiger partial charge in [0.1, 0.15) is 0 Å². The maximum atomic E-state index is 11.9. The Morgan fingerprint density at radius 2 is 2.07 bits per heavy atom. The number of hydrogen-bond donors (Lipinski definition) is 1. The van der Waals surface area contributed by atoms with Crippen LogP contribution in [-0.4, -0.2) is 19.3 Å². The smallest absolute Gasteiger partial charge is 0.304 e. The van der Waals surface area contributed by atoms with Crippen molar-refractivity contribution in [2.24, 2.45) is 7.05 Å². The lowest BCUT2D eigenvalue weighted by Crippen LogP contribution is -2.34. The molecule has 15 heavy (non-hydrogen) atoms. The molecule has 0 saturated heterocycles. The predicted octanol–water partition coefficient (Wildman–Crippen LogP) is -0.248. The van der Waals surface area contributed by atoms with E-state index in [-0.39, 0.29) is 11.2 Å². The molecule has 2 rings (SSSR count). The average molecular weight is 208 g/mol. The number of aryl methyl sites for hydroxylation is 2. The molecule has 0 spiro atoms. The molecule has 2 aromatic rings. The van der Waals surface area contributed by atoms with Crippen LogP contribution < -0.4 is 11.2 Å². The monoisotopic (exact) mass is 208 g/mol. The summed E-state index contributed by atoms with van der Waals surface area (Å²) in [4.78, 5) is 26.1. The highest BCUT2D eigenvalue weighted by molar-refractivity contribution is 5.75. The minimum Gasteiger partial charge on any atom is -0.304 e. The van der Waals surface area contributed by atoms with Gasteiger partial charge in [-0.2, -0.15) is 5.10 Å². The number of hydrogen-bond acceptors (Lipinski definition) is 3. The number of aromatic nitrogens is 4. The van der Waals surface area contributed by atoms with Gasteiger partial charge in [-0.3, -0.25) is 14.0 Å². The molecule has 0 amide bonds. The SMILES string of the molecule is CCn1c(=O)[nH]c2c(C)nn(C)c2c1=O. The molecule has 0 radical (unpaired) electrons. The van der Waals surface area contributed by atoms with Crippen LogP contribution in [0.2, 0.25) is 0 Å². The predicted molar refractivity (Wildman–Crippen MR) is 56.0 cm³/mol. The van der Waals surface area contributed by atoms with Crippen LogP contribution in [0.5, 0.6) is 0 Å². The molecule has 0 fully saturated rings. The minimum atomic E-state index is -0.383. The number of aromatic amines is 1. The Morgan fingerprint density at radius 3 is 2.67 bits per heavy atom. The fourth-order valence-electron chi connectivity index (χ4n) is 1.73. The van der Waals surface area contributed by atoms with Gasteiger partial charge in [0.05, 0.1) is 11.2 Å². The summed E-state index contributed by atoms with van der Waals surface area (Å²) < 4.78 is 2.65. The highest BCUT2D eigenvalue weighted by Gasteiger charge is 2.12. The molecule has 0 unspecified atom stereocenters. The van der Waals surface area contributed by atoms with Crippen molar-refractivity contribution in [2.75, 3.05) is 0 Å². The molecule has 0 aromatic carbocycles. The van der Waals surface area contributed by atoms with Crippen LogP contribution in [0.4, 0.5) is 0 Å². The van der Waals surface area contributed by atoms with E-state index in [1.54, 1.807) is 20.9 Å². The summed E-state index contributed by atoms with van der Waals surface area (Å²) in [5.74, 6) is 0. The molecule has 6 heteroatoms. The van der Waals surface area contributed by atoms with Crippen molar-refractivity contribution in [1.82, 2.24) is 19.3 Å². The number of H-pyrrole nitrogens is 1. The molecule has 6 nitrogen and oxygen atoms in total. The van der Waals surface area contributed by atoms with Gasteiger partial charge >= 0.3 is 5.69 Å². The fraction of sp³-hybridized carbons (Fsp3) is 0.444. The van der Waals surface area contributed by atoms with Crippen LogP contribution in [0.3, 0.4) is 0 Å². The average Bonchev–Trinajstić information content (AvgIpc) is 2.42. The Hall–Kier alpha value is -1.85. The minimum absolute atomic E-state index is 0.292. The quantitative estimate of drug-likeness (QED) is 0.702. The van der Waals surface area contributed by atoms with E-state index in [2.05, 4.69) is 10.1 Å². The van der Waals surface area contributed by atoms with Crippen molar-refractivity contribution in [3.63, 3.8) is 0 Å². The van der Waals surface area contributed by atoms with E-state index in [9.17, 15) is 9.59 Å². The fourth-order valence-corrected chi connectivity index (χ4v) is 1.73.